The summed E-state index contributed by atoms with van der Waals surface area (Å²) in [5, 5.41) is 22.6. The van der Waals surface area contributed by atoms with Crippen molar-refractivity contribution in [3.05, 3.63) is 69.9 Å². The molecule has 4 aromatic rings. The molecule has 0 bridgehead atoms. The van der Waals surface area contributed by atoms with Gasteiger partial charge in [0.05, 0.1) is 47.2 Å². The third-order valence-corrected chi connectivity index (χ3v) is 5.20. The lowest BCUT2D eigenvalue weighted by Gasteiger charge is -2.08. The molecule has 0 saturated carbocycles. The van der Waals surface area contributed by atoms with Crippen molar-refractivity contribution in [3.63, 3.8) is 0 Å². The van der Waals surface area contributed by atoms with Gasteiger partial charge in [-0.3, -0.25) is 14.8 Å². The molecule has 3 aromatic heterocycles. The molecule has 154 valence electrons. The second kappa shape index (κ2) is 9.30. The second-order valence-electron chi connectivity index (χ2n) is 6.59. The van der Waals surface area contributed by atoms with Crippen LogP contribution in [0.3, 0.4) is 0 Å². The number of hydrogen-bond acceptors (Lipinski definition) is 5. The van der Waals surface area contributed by atoms with Gasteiger partial charge in [-0.05, 0) is 35.9 Å². The van der Waals surface area contributed by atoms with Crippen LogP contribution in [-0.2, 0) is 13.0 Å². The number of hydrogen-bond donors (Lipinski definition) is 2. The van der Waals surface area contributed by atoms with Crippen LogP contribution in [0.2, 0.25) is 10.0 Å². The Hall–Kier alpha value is -2.87. The van der Waals surface area contributed by atoms with E-state index in [0.29, 0.717) is 29.6 Å². The molecule has 7 nitrogen and oxygen atoms in total. The molecule has 3 heterocycles. The van der Waals surface area contributed by atoms with Gasteiger partial charge in [-0.2, -0.15) is 10.2 Å². The van der Waals surface area contributed by atoms with E-state index in [0.717, 1.165) is 33.5 Å². The first kappa shape index (κ1) is 20.4. The zero-order valence-electron chi connectivity index (χ0n) is 15.9. The highest BCUT2D eigenvalue weighted by Crippen LogP contribution is 2.26. The maximum absolute atomic E-state index is 8.99. The van der Waals surface area contributed by atoms with Crippen molar-refractivity contribution in [3.8, 4) is 5.75 Å². The van der Waals surface area contributed by atoms with Crippen LogP contribution in [0.15, 0.2) is 43.0 Å². The Balaban J connectivity index is 1.46. The van der Waals surface area contributed by atoms with Crippen molar-refractivity contribution in [1.82, 2.24) is 25.0 Å². The molecule has 2 N–H and O–H groups in total. The number of H-pyrrole nitrogens is 1. The van der Waals surface area contributed by atoms with Crippen molar-refractivity contribution in [2.75, 3.05) is 13.2 Å². The highest BCUT2D eigenvalue weighted by Gasteiger charge is 2.08. The fourth-order valence-corrected chi connectivity index (χ4v) is 3.60. The Morgan fingerprint density at radius 1 is 1.13 bits per heavy atom. The standard InChI is InChI=1S/C21H19Cl2N5O2/c22-18-11-24-12-19(23)16(18)5-8-30-15-2-4-21-17(9-15)20(26-27-21)3-1-14-10-25-28(13-14)6-7-29/h1-4,9-13,29H,5-8H2,(H,26,27)/b3-1+. The lowest BCUT2D eigenvalue weighted by atomic mass is 10.1. The summed E-state index contributed by atoms with van der Waals surface area (Å²) in [6.45, 7) is 0.953. The topological polar surface area (TPSA) is 88.8 Å². The smallest absolute Gasteiger partial charge is 0.120 e. The number of ether oxygens (including phenoxy) is 1. The SMILES string of the molecule is OCCn1cc(/C=C/c2n[nH]c3ccc(OCCc4c(Cl)cncc4Cl)cc23)cn1. The molecule has 0 aliphatic carbocycles. The number of benzene rings is 1. The average molecular weight is 444 g/mol. The summed E-state index contributed by atoms with van der Waals surface area (Å²) in [7, 11) is 0. The minimum atomic E-state index is 0.0528. The number of pyridine rings is 1. The minimum Gasteiger partial charge on any atom is -0.493 e. The van der Waals surface area contributed by atoms with Crippen LogP contribution in [0.1, 0.15) is 16.8 Å². The third-order valence-electron chi connectivity index (χ3n) is 4.55. The van der Waals surface area contributed by atoms with Crippen molar-refractivity contribution >= 4 is 46.3 Å². The summed E-state index contributed by atoms with van der Waals surface area (Å²) in [5.41, 5.74) is 3.46. The van der Waals surface area contributed by atoms with Gasteiger partial charge in [0.25, 0.3) is 0 Å². The zero-order valence-corrected chi connectivity index (χ0v) is 17.4. The zero-order chi connectivity index (χ0) is 20.9. The molecule has 0 unspecified atom stereocenters. The van der Waals surface area contributed by atoms with Crippen LogP contribution in [0.5, 0.6) is 5.75 Å². The highest BCUT2D eigenvalue weighted by atomic mass is 35.5. The number of nitrogens with one attached hydrogen (secondary N) is 1. The van der Waals surface area contributed by atoms with Gasteiger partial charge in [-0.1, -0.05) is 23.2 Å². The lowest BCUT2D eigenvalue weighted by molar-refractivity contribution is 0.269. The van der Waals surface area contributed by atoms with Crippen molar-refractivity contribution in [1.29, 1.82) is 0 Å². The first-order chi connectivity index (χ1) is 14.6. The van der Waals surface area contributed by atoms with E-state index < -0.39 is 0 Å². The normalized spacial score (nSPS) is 11.6. The van der Waals surface area contributed by atoms with E-state index in [1.54, 1.807) is 23.3 Å². The Morgan fingerprint density at radius 3 is 2.77 bits per heavy atom. The van der Waals surface area contributed by atoms with Gasteiger partial charge in [0, 0.05) is 36.0 Å². The summed E-state index contributed by atoms with van der Waals surface area (Å²) in [5.74, 6) is 0.732. The Kier molecular flexibility index (Phi) is 6.32. The summed E-state index contributed by atoms with van der Waals surface area (Å²) >= 11 is 12.3. The number of rotatable bonds is 8. The molecule has 0 aliphatic heterocycles. The Morgan fingerprint density at radius 2 is 1.97 bits per heavy atom. The van der Waals surface area contributed by atoms with Gasteiger partial charge in [-0.15, -0.1) is 0 Å². The minimum absolute atomic E-state index is 0.0528. The monoisotopic (exact) mass is 443 g/mol. The number of fused-ring (bicyclic) bond motifs is 1. The van der Waals surface area contributed by atoms with Gasteiger partial charge >= 0.3 is 0 Å². The highest BCUT2D eigenvalue weighted by molar-refractivity contribution is 6.35. The van der Waals surface area contributed by atoms with Crippen LogP contribution >= 0.6 is 23.2 Å². The maximum Gasteiger partial charge on any atom is 0.120 e. The number of aromatic amines is 1. The summed E-state index contributed by atoms with van der Waals surface area (Å²) in [4.78, 5) is 3.96. The summed E-state index contributed by atoms with van der Waals surface area (Å²) in [6, 6.07) is 5.77. The van der Waals surface area contributed by atoms with E-state index >= 15 is 0 Å². The van der Waals surface area contributed by atoms with Gasteiger partial charge < -0.3 is 9.84 Å². The number of halogens is 2. The third kappa shape index (κ3) is 4.64. The molecule has 0 atom stereocenters. The van der Waals surface area contributed by atoms with Crippen LogP contribution in [0.25, 0.3) is 23.1 Å². The van der Waals surface area contributed by atoms with Crippen LogP contribution in [0, 0.1) is 0 Å². The molecule has 0 saturated heterocycles. The maximum atomic E-state index is 8.99. The van der Waals surface area contributed by atoms with E-state index in [-0.39, 0.29) is 6.61 Å². The average Bonchev–Trinajstić information content (AvgIpc) is 3.35. The number of aromatic nitrogens is 5. The molecule has 9 heteroatoms. The van der Waals surface area contributed by atoms with Crippen LogP contribution < -0.4 is 4.74 Å². The van der Waals surface area contributed by atoms with Gasteiger partial charge in [0.1, 0.15) is 5.75 Å². The van der Waals surface area contributed by atoms with Gasteiger partial charge in [0.2, 0.25) is 0 Å². The molecule has 4 rings (SSSR count). The van der Waals surface area contributed by atoms with E-state index in [1.807, 2.05) is 36.5 Å². The summed E-state index contributed by atoms with van der Waals surface area (Å²) < 4.78 is 7.60. The first-order valence-electron chi connectivity index (χ1n) is 9.34. The largest absolute Gasteiger partial charge is 0.493 e. The van der Waals surface area contributed by atoms with Crippen molar-refractivity contribution in [2.24, 2.45) is 0 Å². The van der Waals surface area contributed by atoms with Crippen LogP contribution in [-0.4, -0.2) is 43.3 Å². The van der Waals surface area contributed by atoms with Crippen LogP contribution in [0.4, 0.5) is 0 Å². The van der Waals surface area contributed by atoms with Gasteiger partial charge in [0.15, 0.2) is 0 Å². The Labute approximate surface area is 182 Å². The number of aliphatic hydroxyl groups is 1. The molecule has 0 aliphatic rings. The quantitative estimate of drug-likeness (QED) is 0.424. The van der Waals surface area contributed by atoms with Gasteiger partial charge in [-0.25, -0.2) is 0 Å². The van der Waals surface area contributed by atoms with E-state index in [1.165, 1.54) is 0 Å². The molecular weight excluding hydrogens is 425 g/mol. The van der Waals surface area contributed by atoms with E-state index in [9.17, 15) is 0 Å². The summed E-state index contributed by atoms with van der Waals surface area (Å²) in [6.07, 6.45) is 11.2. The fraction of sp³-hybridized carbons (Fsp3) is 0.190. The lowest BCUT2D eigenvalue weighted by Crippen LogP contribution is -2.02. The fourth-order valence-electron chi connectivity index (χ4n) is 3.04. The molecule has 0 amide bonds. The predicted molar refractivity (Wildman–Crippen MR) is 118 cm³/mol. The molecule has 0 radical (unpaired) electrons. The molecule has 0 spiro atoms. The molecule has 1 aromatic carbocycles. The second-order valence-corrected chi connectivity index (χ2v) is 7.40. The first-order valence-corrected chi connectivity index (χ1v) is 10.1. The van der Waals surface area contributed by atoms with Crippen molar-refractivity contribution in [2.45, 2.75) is 13.0 Å². The molecule has 30 heavy (non-hydrogen) atoms. The molecular formula is C21H19Cl2N5O2. The number of nitrogens with zero attached hydrogens (tertiary/aromatic N) is 4. The predicted octanol–water partition coefficient (Wildman–Crippen LogP) is 4.25. The van der Waals surface area contributed by atoms with E-state index in [4.69, 9.17) is 33.0 Å². The van der Waals surface area contributed by atoms with Crippen molar-refractivity contribution < 1.29 is 9.84 Å². The number of aliphatic hydroxyl groups excluding tert-OH is 1. The molecule has 0 fully saturated rings. The Bertz CT molecular complexity index is 1170. The van der Waals surface area contributed by atoms with E-state index in [2.05, 4.69) is 20.3 Å².